The fourth-order valence-corrected chi connectivity index (χ4v) is 7.47. The molecule has 0 atom stereocenters. The van der Waals surface area contributed by atoms with E-state index in [0.29, 0.717) is 0 Å². The predicted molar refractivity (Wildman–Crippen MR) is 218 cm³/mol. The minimum atomic E-state index is 0. The van der Waals surface area contributed by atoms with E-state index in [9.17, 15) is 0 Å². The van der Waals surface area contributed by atoms with Gasteiger partial charge in [0.25, 0.3) is 0 Å². The molecule has 0 amide bonds. The number of benzene rings is 6. The molecule has 50 heavy (non-hydrogen) atoms. The molecule has 0 aliphatic heterocycles. The zero-order chi connectivity index (χ0) is 33.9. The maximum atomic E-state index is 3.67. The van der Waals surface area contributed by atoms with Crippen LogP contribution < -0.4 is 0 Å². The predicted octanol–water partition coefficient (Wildman–Crippen LogP) is 12.9. The van der Waals surface area contributed by atoms with Crippen LogP contribution in [0.3, 0.4) is 0 Å². The van der Waals surface area contributed by atoms with Gasteiger partial charge in [0.1, 0.15) is 0 Å². The molecule has 0 fully saturated rings. The normalized spacial score (nSPS) is 12.5. The summed E-state index contributed by atoms with van der Waals surface area (Å²) < 4.78 is 1.42. The average Bonchev–Trinajstić information content (AvgIpc) is 3.79. The maximum absolute atomic E-state index is 3.67. The molecule has 252 valence electrons. The van der Waals surface area contributed by atoms with Gasteiger partial charge in [0, 0.05) is 0 Å². The molecule has 0 heterocycles. The Morgan fingerprint density at radius 2 is 1.18 bits per heavy atom. The van der Waals surface area contributed by atoms with E-state index >= 15 is 0 Å². The first-order chi connectivity index (χ1) is 23.0. The molecule has 2 aliphatic rings. The molecule has 0 bridgehead atoms. The summed E-state index contributed by atoms with van der Waals surface area (Å²) in [6.07, 6.45) is 11.0. The van der Waals surface area contributed by atoms with Gasteiger partial charge in [0.2, 0.25) is 0 Å². The first-order valence-electron chi connectivity index (χ1n) is 17.0. The topological polar surface area (TPSA) is 0 Å². The van der Waals surface area contributed by atoms with Gasteiger partial charge in [-0.25, -0.2) is 12.2 Å². The fourth-order valence-electron chi connectivity index (χ4n) is 6.40. The zero-order valence-electron chi connectivity index (χ0n) is 29.9. The van der Waals surface area contributed by atoms with Gasteiger partial charge >= 0.3 is 145 Å². The minimum absolute atomic E-state index is 0. The van der Waals surface area contributed by atoms with Crippen LogP contribution >= 0.6 is 24.8 Å². The third-order valence-electron chi connectivity index (χ3n) is 9.17. The summed E-state index contributed by atoms with van der Waals surface area (Å²) in [5.41, 5.74) is 11.4. The van der Waals surface area contributed by atoms with Gasteiger partial charge in [0.05, 0.1) is 0 Å². The second-order valence-electron chi connectivity index (χ2n) is 14.7. The van der Waals surface area contributed by atoms with Gasteiger partial charge < -0.3 is 0 Å². The summed E-state index contributed by atoms with van der Waals surface area (Å²) in [5.74, 6) is 0. The van der Waals surface area contributed by atoms with Crippen molar-refractivity contribution in [3.05, 3.63) is 179 Å². The van der Waals surface area contributed by atoms with E-state index < -0.39 is 0 Å². The second kappa shape index (κ2) is 16.8. The molecule has 0 unspecified atom stereocenters. The summed E-state index contributed by atoms with van der Waals surface area (Å²) in [4.78, 5) is 0. The Bertz CT molecular complexity index is 2010. The monoisotopic (exact) mass is 770 g/mol. The number of hydrogen-bond acceptors (Lipinski definition) is 0. The molecule has 0 saturated carbocycles. The van der Waals surface area contributed by atoms with Crippen LogP contribution in [0.5, 0.6) is 0 Å². The number of fused-ring (bicyclic) bond motifs is 5. The van der Waals surface area contributed by atoms with Crippen molar-refractivity contribution in [1.82, 2.24) is 0 Å². The Morgan fingerprint density at radius 1 is 0.620 bits per heavy atom. The molecule has 2 aliphatic carbocycles. The molecule has 0 radical (unpaired) electrons. The summed E-state index contributed by atoms with van der Waals surface area (Å²) in [6, 6.07) is 45.6. The van der Waals surface area contributed by atoms with E-state index in [1.54, 1.807) is 0 Å². The molecular formula is C47H46Cl2Zr. The van der Waals surface area contributed by atoms with Crippen molar-refractivity contribution in [1.29, 1.82) is 0 Å². The first kappa shape index (κ1) is 39.4. The van der Waals surface area contributed by atoms with E-state index in [2.05, 4.69) is 175 Å². The standard InChI is InChI=1S/C21H14.C21H25.C5H5.2ClH.Zr/c1-3-13-20-16(7-1)9-5-11-18(20)15-19-12-6-10-17-8-2-4-14-21(17)19;1-20(2,3)16-7-9-18-14(12-16)11-15-13-17(21(4,5)6)8-10-19(15)18;1-2-4-5-3-1;;;/h1-14H;7-10,12H,11H2,1-6H3;1-3H,4H2;2*1H;/q;2*-1;;;+2. The number of halogens is 2. The molecule has 0 nitrogen and oxygen atoms in total. The number of allylic oxidation sites excluding steroid dienone is 4. The molecule has 3 heteroatoms. The van der Waals surface area contributed by atoms with Crippen molar-refractivity contribution in [2.24, 2.45) is 0 Å². The van der Waals surface area contributed by atoms with E-state index in [0.717, 1.165) is 12.8 Å². The van der Waals surface area contributed by atoms with Crippen molar-refractivity contribution < 1.29 is 24.2 Å². The third-order valence-corrected chi connectivity index (χ3v) is 10.5. The van der Waals surface area contributed by atoms with E-state index in [-0.39, 0.29) is 35.6 Å². The van der Waals surface area contributed by atoms with Crippen molar-refractivity contribution in [3.63, 3.8) is 0 Å². The van der Waals surface area contributed by atoms with Crippen molar-refractivity contribution in [2.45, 2.75) is 65.2 Å². The number of rotatable bonds is 2. The Labute approximate surface area is 326 Å². The number of hydrogen-bond donors (Lipinski definition) is 0. The van der Waals surface area contributed by atoms with Gasteiger partial charge in [-0.2, -0.15) is 29.8 Å². The van der Waals surface area contributed by atoms with Gasteiger partial charge in [0.15, 0.2) is 0 Å². The van der Waals surface area contributed by atoms with E-state index in [4.69, 9.17) is 0 Å². The molecule has 6 aromatic carbocycles. The van der Waals surface area contributed by atoms with E-state index in [1.807, 2.05) is 12.2 Å². The van der Waals surface area contributed by atoms with Gasteiger partial charge in [-0.3, -0.25) is 6.08 Å². The Kier molecular flexibility index (Phi) is 13.2. The SMILES string of the molecule is CC(C)(C)c1[c-]c2c(cc1)-c1ccc(C(C)(C)C)cc1C2.Cl.Cl.[C-]1=CC=CC1.[Zr+2]=[C](c1cccc2ccccc12)c1cccc2ccccc12. The molecule has 0 N–H and O–H groups in total. The molecule has 0 aromatic heterocycles. The van der Waals surface area contributed by atoms with Crippen LogP contribution in [0.2, 0.25) is 0 Å². The molecule has 0 spiro atoms. The van der Waals surface area contributed by atoms with Crippen LogP contribution in [0.25, 0.3) is 32.7 Å². The van der Waals surface area contributed by atoms with E-state index in [1.165, 1.54) is 93.5 Å². The fraction of sp³-hybridized carbons (Fsp3) is 0.213. The molecular weight excluding hydrogens is 727 g/mol. The van der Waals surface area contributed by atoms with Gasteiger partial charge in [-0.05, 0) is 28.4 Å². The quantitative estimate of drug-likeness (QED) is 0.154. The Hall–Kier alpha value is -3.35. The molecule has 6 aromatic rings. The van der Waals surface area contributed by atoms with Crippen LogP contribution in [0.1, 0.15) is 81.3 Å². The van der Waals surface area contributed by atoms with Crippen LogP contribution in [0.15, 0.2) is 133 Å². The van der Waals surface area contributed by atoms with Gasteiger partial charge in [-0.1, -0.05) is 65.3 Å². The molecule has 0 saturated heterocycles. The van der Waals surface area contributed by atoms with Crippen molar-refractivity contribution in [3.8, 4) is 11.1 Å². The van der Waals surface area contributed by atoms with Crippen LogP contribution in [-0.4, -0.2) is 3.21 Å². The summed E-state index contributed by atoms with van der Waals surface area (Å²) in [6.45, 7) is 13.6. The van der Waals surface area contributed by atoms with Crippen LogP contribution in [-0.2, 0) is 41.5 Å². The third kappa shape index (κ3) is 8.92. The average molecular weight is 773 g/mol. The second-order valence-corrected chi connectivity index (χ2v) is 16.0. The Morgan fingerprint density at radius 3 is 1.68 bits per heavy atom. The Balaban J connectivity index is 0.000000190. The summed E-state index contributed by atoms with van der Waals surface area (Å²) in [5, 5.41) is 5.29. The first-order valence-corrected chi connectivity index (χ1v) is 18.2. The summed E-state index contributed by atoms with van der Waals surface area (Å²) >= 11 is 1.44. The zero-order valence-corrected chi connectivity index (χ0v) is 34.0. The van der Waals surface area contributed by atoms with Crippen LogP contribution in [0.4, 0.5) is 0 Å². The van der Waals surface area contributed by atoms with Gasteiger partial charge in [-0.15, -0.1) is 42.4 Å². The van der Waals surface area contributed by atoms with Crippen LogP contribution in [0, 0.1) is 12.1 Å². The van der Waals surface area contributed by atoms with Crippen molar-refractivity contribution >= 4 is 49.6 Å². The van der Waals surface area contributed by atoms with Crippen molar-refractivity contribution in [2.75, 3.05) is 0 Å². The molecule has 8 rings (SSSR count). The summed E-state index contributed by atoms with van der Waals surface area (Å²) in [7, 11) is 0.